The number of benzene rings is 2. The number of alkyl halides is 2. The first-order valence-electron chi connectivity index (χ1n) is 8.78. The van der Waals surface area contributed by atoms with Gasteiger partial charge in [0.05, 0.1) is 12.7 Å². The highest BCUT2D eigenvalue weighted by atomic mass is 19.3. The van der Waals surface area contributed by atoms with Crippen molar-refractivity contribution in [1.82, 2.24) is 0 Å². The molecule has 0 spiro atoms. The standard InChI is InChI=1S/C20H22F2N2O3/c1-13-12-14(24-10-3-4-11-24)8-9-16(13)23-19(25)15-6-5-7-17(26-2)18(15)27-20(21)22/h5-9,12,20H,3-4,10-11H2,1-2H3,(H,23,25). The lowest BCUT2D eigenvalue weighted by Crippen LogP contribution is -2.18. The van der Waals surface area contributed by atoms with Gasteiger partial charge in [0.25, 0.3) is 5.91 Å². The normalized spacial score (nSPS) is 13.7. The third-order valence-electron chi connectivity index (χ3n) is 4.58. The molecule has 0 bridgehead atoms. The van der Waals surface area contributed by atoms with Crippen LogP contribution in [0.1, 0.15) is 28.8 Å². The Hall–Kier alpha value is -2.83. The van der Waals surface area contributed by atoms with Crippen molar-refractivity contribution in [3.05, 3.63) is 47.5 Å². The zero-order chi connectivity index (χ0) is 19.4. The van der Waals surface area contributed by atoms with E-state index in [1.807, 2.05) is 25.1 Å². The molecule has 1 amide bonds. The van der Waals surface area contributed by atoms with Crippen LogP contribution in [0.2, 0.25) is 0 Å². The van der Waals surface area contributed by atoms with E-state index in [2.05, 4.69) is 15.0 Å². The maximum Gasteiger partial charge on any atom is 0.387 e. The fraction of sp³-hybridized carbons (Fsp3) is 0.350. The number of methoxy groups -OCH3 is 1. The van der Waals surface area contributed by atoms with Gasteiger partial charge in [0.1, 0.15) is 0 Å². The molecule has 1 heterocycles. The van der Waals surface area contributed by atoms with Crippen molar-refractivity contribution in [1.29, 1.82) is 0 Å². The van der Waals surface area contributed by atoms with Crippen LogP contribution in [0.4, 0.5) is 20.2 Å². The second-order valence-electron chi connectivity index (χ2n) is 6.36. The Balaban J connectivity index is 1.83. The van der Waals surface area contributed by atoms with Gasteiger partial charge in [0.15, 0.2) is 11.5 Å². The molecule has 0 atom stereocenters. The smallest absolute Gasteiger partial charge is 0.387 e. The summed E-state index contributed by atoms with van der Waals surface area (Å²) >= 11 is 0. The van der Waals surface area contributed by atoms with Crippen molar-refractivity contribution >= 4 is 17.3 Å². The topological polar surface area (TPSA) is 50.8 Å². The fourth-order valence-electron chi connectivity index (χ4n) is 3.22. The SMILES string of the molecule is COc1cccc(C(=O)Nc2ccc(N3CCCC3)cc2C)c1OC(F)F. The first kappa shape index (κ1) is 18.9. The van der Waals surface area contributed by atoms with Crippen LogP contribution in [0.25, 0.3) is 0 Å². The Morgan fingerprint density at radius 3 is 2.56 bits per heavy atom. The lowest BCUT2D eigenvalue weighted by atomic mass is 10.1. The number of hydrogen-bond donors (Lipinski definition) is 1. The fourth-order valence-corrected chi connectivity index (χ4v) is 3.22. The number of nitrogens with zero attached hydrogens (tertiary/aromatic N) is 1. The number of hydrogen-bond acceptors (Lipinski definition) is 4. The Labute approximate surface area is 156 Å². The highest BCUT2D eigenvalue weighted by Crippen LogP contribution is 2.33. The molecule has 0 unspecified atom stereocenters. The lowest BCUT2D eigenvalue weighted by Gasteiger charge is -2.19. The number of halogens is 2. The molecular weight excluding hydrogens is 354 g/mol. The van der Waals surface area contributed by atoms with Crippen LogP contribution in [-0.2, 0) is 0 Å². The third kappa shape index (κ3) is 4.30. The summed E-state index contributed by atoms with van der Waals surface area (Å²) in [6.45, 7) is 0.901. The van der Waals surface area contributed by atoms with E-state index in [0.29, 0.717) is 5.69 Å². The van der Waals surface area contributed by atoms with Crippen molar-refractivity contribution in [2.45, 2.75) is 26.4 Å². The number of rotatable bonds is 6. The second kappa shape index (κ2) is 8.24. The zero-order valence-corrected chi connectivity index (χ0v) is 15.3. The summed E-state index contributed by atoms with van der Waals surface area (Å²) < 4.78 is 35.1. The molecule has 1 aliphatic heterocycles. The second-order valence-corrected chi connectivity index (χ2v) is 6.36. The summed E-state index contributed by atoms with van der Waals surface area (Å²) in [6.07, 6.45) is 2.36. The van der Waals surface area contributed by atoms with E-state index in [0.717, 1.165) is 24.3 Å². The van der Waals surface area contributed by atoms with Crippen LogP contribution in [0.15, 0.2) is 36.4 Å². The third-order valence-corrected chi connectivity index (χ3v) is 4.58. The molecule has 3 rings (SSSR count). The lowest BCUT2D eigenvalue weighted by molar-refractivity contribution is -0.0515. The number of aryl methyl sites for hydroxylation is 1. The molecule has 27 heavy (non-hydrogen) atoms. The molecule has 7 heteroatoms. The Bertz CT molecular complexity index is 821. The molecule has 2 aromatic rings. The number of ether oxygens (including phenoxy) is 2. The van der Waals surface area contributed by atoms with E-state index in [1.54, 1.807) is 6.07 Å². The van der Waals surface area contributed by atoms with Crippen molar-refractivity contribution in [3.63, 3.8) is 0 Å². The van der Waals surface area contributed by atoms with Gasteiger partial charge in [-0.1, -0.05) is 6.07 Å². The molecule has 1 N–H and O–H groups in total. The first-order chi connectivity index (χ1) is 13.0. The van der Waals surface area contributed by atoms with Crippen LogP contribution in [0.5, 0.6) is 11.5 Å². The van der Waals surface area contributed by atoms with Gasteiger partial charge in [-0.05, 0) is 55.7 Å². The van der Waals surface area contributed by atoms with Crippen molar-refractivity contribution in [2.24, 2.45) is 0 Å². The van der Waals surface area contributed by atoms with Gasteiger partial charge in [-0.25, -0.2) is 0 Å². The predicted octanol–water partition coefficient (Wildman–Crippen LogP) is 4.46. The molecule has 1 fully saturated rings. The molecule has 1 saturated heterocycles. The van der Waals surface area contributed by atoms with E-state index in [1.165, 1.54) is 32.1 Å². The molecule has 2 aromatic carbocycles. The summed E-state index contributed by atoms with van der Waals surface area (Å²) in [5, 5.41) is 2.77. The summed E-state index contributed by atoms with van der Waals surface area (Å²) in [4.78, 5) is 15.0. The number of carbonyl (C=O) groups excluding carboxylic acids is 1. The quantitative estimate of drug-likeness (QED) is 0.809. The van der Waals surface area contributed by atoms with E-state index in [4.69, 9.17) is 4.74 Å². The van der Waals surface area contributed by atoms with Gasteiger partial charge in [-0.3, -0.25) is 4.79 Å². The average molecular weight is 376 g/mol. The molecule has 0 saturated carbocycles. The number of carbonyl (C=O) groups is 1. The maximum atomic E-state index is 12.7. The molecule has 5 nitrogen and oxygen atoms in total. The van der Waals surface area contributed by atoms with E-state index in [9.17, 15) is 13.6 Å². The maximum absolute atomic E-state index is 12.7. The number of para-hydroxylation sites is 1. The summed E-state index contributed by atoms with van der Waals surface area (Å²) in [7, 11) is 1.33. The van der Waals surface area contributed by atoms with Gasteiger partial charge in [-0.2, -0.15) is 8.78 Å². The largest absolute Gasteiger partial charge is 0.493 e. The first-order valence-corrected chi connectivity index (χ1v) is 8.78. The highest BCUT2D eigenvalue weighted by Gasteiger charge is 2.21. The van der Waals surface area contributed by atoms with Gasteiger partial charge in [-0.15, -0.1) is 0 Å². The minimum absolute atomic E-state index is 0.0160. The van der Waals surface area contributed by atoms with Gasteiger partial charge in [0.2, 0.25) is 0 Å². The predicted molar refractivity (Wildman–Crippen MR) is 100 cm³/mol. The van der Waals surface area contributed by atoms with Crippen molar-refractivity contribution < 1.29 is 23.0 Å². The minimum atomic E-state index is -3.06. The summed E-state index contributed by atoms with van der Waals surface area (Å²) in [6, 6.07) is 10.2. The van der Waals surface area contributed by atoms with Crippen LogP contribution in [0, 0.1) is 6.92 Å². The molecule has 144 valence electrons. The van der Waals surface area contributed by atoms with E-state index < -0.39 is 12.5 Å². The van der Waals surface area contributed by atoms with Crippen molar-refractivity contribution in [3.8, 4) is 11.5 Å². The molecule has 0 radical (unpaired) electrons. The zero-order valence-electron chi connectivity index (χ0n) is 15.3. The summed E-state index contributed by atoms with van der Waals surface area (Å²) in [5.41, 5.74) is 2.62. The van der Waals surface area contributed by atoms with Gasteiger partial charge >= 0.3 is 6.61 Å². The Kier molecular flexibility index (Phi) is 5.78. The van der Waals surface area contributed by atoms with Crippen LogP contribution < -0.4 is 19.7 Å². The Morgan fingerprint density at radius 1 is 1.19 bits per heavy atom. The van der Waals surface area contributed by atoms with E-state index in [-0.39, 0.29) is 17.1 Å². The Morgan fingerprint density at radius 2 is 1.93 bits per heavy atom. The molecule has 0 aliphatic carbocycles. The molecule has 0 aromatic heterocycles. The van der Waals surface area contributed by atoms with Crippen LogP contribution in [-0.4, -0.2) is 32.7 Å². The van der Waals surface area contributed by atoms with Crippen LogP contribution in [0.3, 0.4) is 0 Å². The molecule has 1 aliphatic rings. The van der Waals surface area contributed by atoms with E-state index >= 15 is 0 Å². The average Bonchev–Trinajstić information content (AvgIpc) is 3.17. The number of nitrogens with one attached hydrogen (secondary N) is 1. The molecular formula is C20H22F2N2O3. The van der Waals surface area contributed by atoms with Gasteiger partial charge in [0, 0.05) is 24.5 Å². The number of anilines is 2. The highest BCUT2D eigenvalue weighted by molar-refractivity contribution is 6.07. The number of amides is 1. The monoisotopic (exact) mass is 376 g/mol. The summed E-state index contributed by atoms with van der Waals surface area (Å²) in [5.74, 6) is -0.746. The van der Waals surface area contributed by atoms with Crippen LogP contribution >= 0.6 is 0 Å². The minimum Gasteiger partial charge on any atom is -0.493 e. The van der Waals surface area contributed by atoms with Crippen molar-refractivity contribution in [2.75, 3.05) is 30.4 Å². The van der Waals surface area contributed by atoms with Gasteiger partial charge < -0.3 is 19.7 Å².